The molecule has 0 aliphatic carbocycles. The molecule has 0 aromatic rings. The number of thioether (sulfide) groups is 1. The number of nitrogens with zero attached hydrogens (tertiary/aromatic N) is 1. The summed E-state index contributed by atoms with van der Waals surface area (Å²) in [6, 6.07) is 0. The van der Waals surface area contributed by atoms with Gasteiger partial charge in [0.25, 0.3) is 0 Å². The molecule has 0 radical (unpaired) electrons. The molecule has 3 heteroatoms. The van der Waals surface area contributed by atoms with Crippen molar-refractivity contribution in [3.63, 3.8) is 0 Å². The van der Waals surface area contributed by atoms with Crippen molar-refractivity contribution in [3.8, 4) is 0 Å². The van der Waals surface area contributed by atoms with Crippen molar-refractivity contribution in [1.82, 2.24) is 4.90 Å². The minimum Gasteiger partial charge on any atom is -0.326 e. The quantitative estimate of drug-likeness (QED) is 0.779. The minimum atomic E-state index is 0.0145. The highest BCUT2D eigenvalue weighted by Gasteiger charge is 2.12. The molecule has 0 atom stereocenters. The molecule has 0 bridgehead atoms. The number of nitrogens with two attached hydrogens (primary N) is 1. The third-order valence-electron chi connectivity index (χ3n) is 2.61. The van der Waals surface area contributed by atoms with Crippen LogP contribution in [0.1, 0.15) is 33.1 Å². The minimum absolute atomic E-state index is 0.0145. The van der Waals surface area contributed by atoms with E-state index in [9.17, 15) is 0 Å². The predicted molar refractivity (Wildman–Crippen MR) is 65.9 cm³/mol. The van der Waals surface area contributed by atoms with Crippen molar-refractivity contribution in [2.24, 2.45) is 5.73 Å². The lowest BCUT2D eigenvalue weighted by Gasteiger charge is -2.23. The van der Waals surface area contributed by atoms with Gasteiger partial charge in [-0.15, -0.1) is 0 Å². The molecule has 14 heavy (non-hydrogen) atoms. The first kappa shape index (κ1) is 12.3. The lowest BCUT2D eigenvalue weighted by atomic mass is 10.00. The normalized spacial score (nSPS) is 20.8. The summed E-state index contributed by atoms with van der Waals surface area (Å²) in [6.07, 6.45) is 3.74. The smallest absolute Gasteiger partial charge is 0.00975 e. The number of hydrogen-bond donors (Lipinski definition) is 1. The molecule has 0 amide bonds. The van der Waals surface area contributed by atoms with Gasteiger partial charge < -0.3 is 10.6 Å². The zero-order valence-corrected chi connectivity index (χ0v) is 10.4. The molecular formula is C11H24N2S. The van der Waals surface area contributed by atoms with Gasteiger partial charge in [-0.3, -0.25) is 0 Å². The predicted octanol–water partition coefficient (Wildman–Crippen LogP) is 1.94. The van der Waals surface area contributed by atoms with Crippen LogP contribution >= 0.6 is 11.8 Å². The van der Waals surface area contributed by atoms with E-state index in [0.29, 0.717) is 0 Å². The lowest BCUT2D eigenvalue weighted by molar-refractivity contribution is 0.277. The van der Waals surface area contributed by atoms with Crippen LogP contribution in [0.25, 0.3) is 0 Å². The van der Waals surface area contributed by atoms with Crippen LogP contribution in [0.3, 0.4) is 0 Å². The number of hydrogen-bond acceptors (Lipinski definition) is 3. The summed E-state index contributed by atoms with van der Waals surface area (Å²) >= 11 is 2.09. The Morgan fingerprint density at radius 2 is 2.07 bits per heavy atom. The van der Waals surface area contributed by atoms with Gasteiger partial charge in [0.2, 0.25) is 0 Å². The van der Waals surface area contributed by atoms with Crippen molar-refractivity contribution in [3.05, 3.63) is 0 Å². The van der Waals surface area contributed by atoms with E-state index in [1.54, 1.807) is 0 Å². The third kappa shape index (κ3) is 5.89. The van der Waals surface area contributed by atoms with Gasteiger partial charge in [-0.1, -0.05) is 0 Å². The molecule has 0 saturated carbocycles. The largest absolute Gasteiger partial charge is 0.326 e. The molecule has 1 aliphatic rings. The highest BCUT2D eigenvalue weighted by Crippen LogP contribution is 2.12. The van der Waals surface area contributed by atoms with Crippen LogP contribution in [0.5, 0.6) is 0 Å². The Bertz CT molecular complexity index is 146. The highest BCUT2D eigenvalue weighted by atomic mass is 32.2. The monoisotopic (exact) mass is 216 g/mol. The molecule has 0 aromatic heterocycles. The average molecular weight is 216 g/mol. The molecule has 1 rings (SSSR count). The standard InChI is InChI=1S/C11H24N2S/c1-11(2,12)5-3-6-13-7-4-9-14-10-8-13/h3-10,12H2,1-2H3. The zero-order chi connectivity index (χ0) is 10.4. The van der Waals surface area contributed by atoms with Crippen molar-refractivity contribution in [2.75, 3.05) is 31.1 Å². The zero-order valence-electron chi connectivity index (χ0n) is 9.59. The van der Waals surface area contributed by atoms with Gasteiger partial charge >= 0.3 is 0 Å². The van der Waals surface area contributed by atoms with Gasteiger partial charge in [0.05, 0.1) is 0 Å². The fourth-order valence-electron chi connectivity index (χ4n) is 1.78. The second-order valence-corrected chi connectivity index (χ2v) is 6.12. The Morgan fingerprint density at radius 3 is 2.79 bits per heavy atom. The summed E-state index contributed by atoms with van der Waals surface area (Å²) in [4.78, 5) is 2.59. The summed E-state index contributed by atoms with van der Waals surface area (Å²) in [5.41, 5.74) is 5.97. The molecule has 0 spiro atoms. The molecular weight excluding hydrogens is 192 g/mol. The lowest BCUT2D eigenvalue weighted by Crippen LogP contribution is -2.34. The molecule has 1 heterocycles. The summed E-state index contributed by atoms with van der Waals surface area (Å²) in [5.74, 6) is 2.66. The SMILES string of the molecule is CC(C)(N)CCCN1CCCSCC1. The summed E-state index contributed by atoms with van der Waals surface area (Å²) in [7, 11) is 0. The van der Waals surface area contributed by atoms with E-state index in [1.807, 2.05) is 0 Å². The summed E-state index contributed by atoms with van der Waals surface area (Å²) < 4.78 is 0. The molecule has 0 unspecified atom stereocenters. The van der Waals surface area contributed by atoms with Crippen LogP contribution in [0, 0.1) is 0 Å². The molecule has 1 aliphatic heterocycles. The maximum absolute atomic E-state index is 5.96. The maximum atomic E-state index is 5.96. The first-order valence-corrected chi connectivity index (χ1v) is 6.82. The highest BCUT2D eigenvalue weighted by molar-refractivity contribution is 7.99. The van der Waals surface area contributed by atoms with Crippen LogP contribution in [-0.2, 0) is 0 Å². The summed E-state index contributed by atoms with van der Waals surface area (Å²) in [6.45, 7) is 8.03. The fourth-order valence-corrected chi connectivity index (χ4v) is 2.70. The van der Waals surface area contributed by atoms with E-state index in [-0.39, 0.29) is 5.54 Å². The van der Waals surface area contributed by atoms with E-state index in [2.05, 4.69) is 30.5 Å². The second-order valence-electron chi connectivity index (χ2n) is 4.90. The van der Waals surface area contributed by atoms with Crippen LogP contribution in [0.2, 0.25) is 0 Å². The Hall–Kier alpha value is 0.270. The molecule has 2 N–H and O–H groups in total. The van der Waals surface area contributed by atoms with Crippen LogP contribution in [0.15, 0.2) is 0 Å². The van der Waals surface area contributed by atoms with Gasteiger partial charge in [-0.05, 0) is 52.0 Å². The van der Waals surface area contributed by atoms with Crippen LogP contribution < -0.4 is 5.73 Å². The van der Waals surface area contributed by atoms with Crippen molar-refractivity contribution < 1.29 is 0 Å². The molecule has 1 fully saturated rings. The maximum Gasteiger partial charge on any atom is 0.00975 e. The molecule has 84 valence electrons. The first-order valence-electron chi connectivity index (χ1n) is 5.67. The first-order chi connectivity index (χ1) is 6.58. The Balaban J connectivity index is 2.10. The van der Waals surface area contributed by atoms with E-state index in [0.717, 1.165) is 6.42 Å². The van der Waals surface area contributed by atoms with Crippen molar-refractivity contribution >= 4 is 11.8 Å². The van der Waals surface area contributed by atoms with Gasteiger partial charge in [0.15, 0.2) is 0 Å². The van der Waals surface area contributed by atoms with Crippen LogP contribution in [0.4, 0.5) is 0 Å². The Morgan fingerprint density at radius 1 is 1.29 bits per heavy atom. The Kier molecular flexibility index (Phi) is 5.28. The van der Waals surface area contributed by atoms with Crippen molar-refractivity contribution in [2.45, 2.75) is 38.6 Å². The van der Waals surface area contributed by atoms with E-state index < -0.39 is 0 Å². The van der Waals surface area contributed by atoms with Gasteiger partial charge in [0, 0.05) is 17.8 Å². The van der Waals surface area contributed by atoms with E-state index in [1.165, 1.54) is 44.0 Å². The van der Waals surface area contributed by atoms with E-state index in [4.69, 9.17) is 5.73 Å². The van der Waals surface area contributed by atoms with Crippen LogP contribution in [-0.4, -0.2) is 41.6 Å². The fraction of sp³-hybridized carbons (Fsp3) is 1.00. The Labute approximate surface area is 92.6 Å². The second kappa shape index (κ2) is 5.99. The molecule has 1 saturated heterocycles. The third-order valence-corrected chi connectivity index (χ3v) is 3.66. The number of rotatable bonds is 4. The topological polar surface area (TPSA) is 29.3 Å². The van der Waals surface area contributed by atoms with Gasteiger partial charge in [-0.25, -0.2) is 0 Å². The molecule has 2 nitrogen and oxygen atoms in total. The van der Waals surface area contributed by atoms with Gasteiger partial charge in [0.1, 0.15) is 0 Å². The van der Waals surface area contributed by atoms with E-state index >= 15 is 0 Å². The van der Waals surface area contributed by atoms with Gasteiger partial charge in [-0.2, -0.15) is 11.8 Å². The molecule has 0 aromatic carbocycles. The van der Waals surface area contributed by atoms with Crippen molar-refractivity contribution in [1.29, 1.82) is 0 Å². The summed E-state index contributed by atoms with van der Waals surface area (Å²) in [5, 5.41) is 0. The average Bonchev–Trinajstić information content (AvgIpc) is 2.30.